The van der Waals surface area contributed by atoms with Gasteiger partial charge in [-0.25, -0.2) is 22.3 Å². The fourth-order valence-electron chi connectivity index (χ4n) is 2.21. The van der Waals surface area contributed by atoms with Crippen molar-refractivity contribution >= 4 is 27.8 Å². The van der Waals surface area contributed by atoms with Crippen LogP contribution in [0.1, 0.15) is 11.1 Å². The molecule has 2 N–H and O–H groups in total. The van der Waals surface area contributed by atoms with Gasteiger partial charge in [0.1, 0.15) is 5.75 Å². The third kappa shape index (κ3) is 4.76. The molecule has 0 aliphatic rings. The quantitative estimate of drug-likeness (QED) is 0.834. The summed E-state index contributed by atoms with van der Waals surface area (Å²) in [5.74, 6) is 0.624. The van der Waals surface area contributed by atoms with Gasteiger partial charge in [0.15, 0.2) is 0 Å². The second kappa shape index (κ2) is 8.09. The molecule has 0 unspecified atom stereocenters. The van der Waals surface area contributed by atoms with E-state index in [4.69, 9.17) is 4.74 Å². The Kier molecular flexibility index (Phi) is 6.06. The van der Waals surface area contributed by atoms with Gasteiger partial charge in [-0.15, -0.1) is 0 Å². The Bertz CT molecular complexity index is 955. The van der Waals surface area contributed by atoms with Gasteiger partial charge in [0.2, 0.25) is 0 Å². The molecule has 0 saturated carbocycles. The number of carbonyl (C=O) groups excluding carboxylic acids is 2. The maximum Gasteiger partial charge on any atom is 0.339 e. The summed E-state index contributed by atoms with van der Waals surface area (Å²) in [6.07, 6.45) is 0. The van der Waals surface area contributed by atoms with Crippen LogP contribution in [-0.2, 0) is 10.0 Å². The number of benzene rings is 2. The third-order valence-corrected chi connectivity index (χ3v) is 5.62. The zero-order valence-electron chi connectivity index (χ0n) is 15.4. The minimum atomic E-state index is -4.07. The fourth-order valence-corrected chi connectivity index (χ4v) is 3.27. The monoisotopic (exact) mass is 391 g/mol. The summed E-state index contributed by atoms with van der Waals surface area (Å²) in [6.45, 7) is 3.58. The van der Waals surface area contributed by atoms with Gasteiger partial charge in [-0.05, 0) is 49.7 Å². The van der Waals surface area contributed by atoms with Crippen molar-refractivity contribution in [2.75, 3.05) is 19.5 Å². The number of aryl methyl sites for hydroxylation is 2. The number of rotatable bonds is 4. The number of nitrogens with one attached hydrogen (secondary N) is 2. The molecule has 2 rings (SSSR count). The summed E-state index contributed by atoms with van der Waals surface area (Å²) >= 11 is 0. The first-order valence-electron chi connectivity index (χ1n) is 7.97. The lowest BCUT2D eigenvalue weighted by atomic mass is 10.2. The highest BCUT2D eigenvalue weighted by molar-refractivity contribution is 7.89. The third-order valence-electron chi connectivity index (χ3n) is 3.87. The number of ether oxygens (including phenoxy) is 1. The number of hydrogen-bond donors (Lipinski definition) is 2. The number of anilines is 1. The molecular weight excluding hydrogens is 370 g/mol. The first kappa shape index (κ1) is 20.2. The van der Waals surface area contributed by atoms with E-state index < -0.39 is 22.1 Å². The molecule has 0 atom stereocenters. The van der Waals surface area contributed by atoms with Crippen LogP contribution in [0.4, 0.5) is 15.3 Å². The molecule has 0 aliphatic heterocycles. The summed E-state index contributed by atoms with van der Waals surface area (Å²) in [5, 5.41) is 4.50. The van der Waals surface area contributed by atoms with Gasteiger partial charge < -0.3 is 10.1 Å². The largest absolute Gasteiger partial charge is 0.497 e. The molecule has 0 saturated heterocycles. The van der Waals surface area contributed by atoms with Gasteiger partial charge in [-0.3, -0.25) is 5.32 Å². The summed E-state index contributed by atoms with van der Waals surface area (Å²) in [6, 6.07) is 9.10. The standard InChI is InChI=1S/C18H21N3O5S/c1-12-5-8-15(9-6-12)27(24,25)21(3)18(23)20-17(22)19-16-10-7-14(26-4)11-13(16)2/h5-11H,1-4H3,(H2,19,20,22,23). The van der Waals surface area contributed by atoms with E-state index in [9.17, 15) is 18.0 Å². The van der Waals surface area contributed by atoms with Crippen molar-refractivity contribution in [2.45, 2.75) is 18.7 Å². The van der Waals surface area contributed by atoms with Crippen LogP contribution >= 0.6 is 0 Å². The number of imide groups is 1. The Morgan fingerprint density at radius 1 is 1.04 bits per heavy atom. The maximum atomic E-state index is 12.5. The number of carbonyl (C=O) groups is 2. The van der Waals surface area contributed by atoms with E-state index in [1.807, 2.05) is 12.2 Å². The zero-order chi connectivity index (χ0) is 20.2. The molecule has 0 radical (unpaired) electrons. The Hall–Kier alpha value is -3.07. The van der Waals surface area contributed by atoms with Crippen LogP contribution in [-0.4, -0.2) is 38.9 Å². The first-order valence-corrected chi connectivity index (χ1v) is 9.41. The summed E-state index contributed by atoms with van der Waals surface area (Å²) in [7, 11) is -1.46. The number of amides is 4. The smallest absolute Gasteiger partial charge is 0.339 e. The molecule has 8 nitrogen and oxygen atoms in total. The highest BCUT2D eigenvalue weighted by atomic mass is 32.2. The predicted octanol–water partition coefficient (Wildman–Crippen LogP) is 2.87. The molecule has 0 fully saturated rings. The molecule has 144 valence electrons. The SMILES string of the molecule is COc1ccc(NC(=O)NC(=O)N(C)S(=O)(=O)c2ccc(C)cc2)c(C)c1. The van der Waals surface area contributed by atoms with Gasteiger partial charge in [-0.2, -0.15) is 0 Å². The molecule has 9 heteroatoms. The molecule has 2 aromatic rings. The number of methoxy groups -OCH3 is 1. The minimum absolute atomic E-state index is 0.0443. The van der Waals surface area contributed by atoms with Crippen LogP contribution < -0.4 is 15.4 Å². The van der Waals surface area contributed by atoms with Gasteiger partial charge >= 0.3 is 12.1 Å². The molecule has 27 heavy (non-hydrogen) atoms. The van der Waals surface area contributed by atoms with Crippen LogP contribution in [0.25, 0.3) is 0 Å². The average Bonchev–Trinajstić information content (AvgIpc) is 2.62. The first-order chi connectivity index (χ1) is 12.6. The van der Waals surface area contributed by atoms with Gasteiger partial charge in [0, 0.05) is 12.7 Å². The van der Waals surface area contributed by atoms with E-state index in [1.165, 1.54) is 19.2 Å². The lowest BCUT2D eigenvalue weighted by Crippen LogP contribution is -2.45. The predicted molar refractivity (Wildman–Crippen MR) is 101 cm³/mol. The van der Waals surface area contributed by atoms with Crippen molar-refractivity contribution in [1.29, 1.82) is 0 Å². The van der Waals surface area contributed by atoms with Crippen LogP contribution in [0.5, 0.6) is 5.75 Å². The van der Waals surface area contributed by atoms with Crippen molar-refractivity contribution in [1.82, 2.24) is 9.62 Å². The highest BCUT2D eigenvalue weighted by Crippen LogP contribution is 2.21. The van der Waals surface area contributed by atoms with Crippen molar-refractivity contribution in [3.8, 4) is 5.75 Å². The second-order valence-electron chi connectivity index (χ2n) is 5.85. The average molecular weight is 391 g/mol. The van der Waals surface area contributed by atoms with E-state index >= 15 is 0 Å². The number of nitrogens with zero attached hydrogens (tertiary/aromatic N) is 1. The molecule has 0 heterocycles. The fraction of sp³-hybridized carbons (Fsp3) is 0.222. The van der Waals surface area contributed by atoms with E-state index in [2.05, 4.69) is 5.32 Å². The topological polar surface area (TPSA) is 105 Å². The molecule has 0 bridgehead atoms. The Morgan fingerprint density at radius 3 is 2.22 bits per heavy atom. The second-order valence-corrected chi connectivity index (χ2v) is 7.82. The summed E-state index contributed by atoms with van der Waals surface area (Å²) in [4.78, 5) is 24.2. The van der Waals surface area contributed by atoms with Crippen LogP contribution in [0.15, 0.2) is 47.4 Å². The molecule has 0 spiro atoms. The van der Waals surface area contributed by atoms with E-state index in [-0.39, 0.29) is 4.90 Å². The van der Waals surface area contributed by atoms with Gasteiger partial charge in [0.25, 0.3) is 10.0 Å². The number of urea groups is 2. The van der Waals surface area contributed by atoms with Crippen LogP contribution in [0.2, 0.25) is 0 Å². The number of sulfonamides is 1. The van der Waals surface area contributed by atoms with Crippen LogP contribution in [0, 0.1) is 13.8 Å². The van der Waals surface area contributed by atoms with Crippen LogP contribution in [0.3, 0.4) is 0 Å². The molecule has 4 amide bonds. The van der Waals surface area contributed by atoms with Gasteiger partial charge in [0.05, 0.1) is 12.0 Å². The zero-order valence-corrected chi connectivity index (χ0v) is 16.3. The van der Waals surface area contributed by atoms with Crippen molar-refractivity contribution < 1.29 is 22.7 Å². The Balaban J connectivity index is 2.07. The van der Waals surface area contributed by atoms with Crippen molar-refractivity contribution in [3.05, 3.63) is 53.6 Å². The lowest BCUT2D eigenvalue weighted by molar-refractivity contribution is 0.223. The Labute approximate surface area is 158 Å². The molecule has 0 aliphatic carbocycles. The normalized spacial score (nSPS) is 10.8. The minimum Gasteiger partial charge on any atom is -0.497 e. The summed E-state index contributed by atoms with van der Waals surface area (Å²) in [5.41, 5.74) is 2.07. The van der Waals surface area contributed by atoms with Crippen molar-refractivity contribution in [2.24, 2.45) is 0 Å². The van der Waals surface area contributed by atoms with E-state index in [1.54, 1.807) is 37.3 Å². The van der Waals surface area contributed by atoms with E-state index in [0.717, 1.165) is 18.2 Å². The summed E-state index contributed by atoms with van der Waals surface area (Å²) < 4.78 is 30.5. The molecular formula is C18H21N3O5S. The van der Waals surface area contributed by atoms with Crippen molar-refractivity contribution in [3.63, 3.8) is 0 Å². The van der Waals surface area contributed by atoms with Gasteiger partial charge in [-0.1, -0.05) is 17.7 Å². The van der Waals surface area contributed by atoms with E-state index in [0.29, 0.717) is 15.7 Å². The highest BCUT2D eigenvalue weighted by Gasteiger charge is 2.26. The number of hydrogen-bond acceptors (Lipinski definition) is 5. The Morgan fingerprint density at radius 2 is 1.67 bits per heavy atom. The molecule has 2 aromatic carbocycles. The maximum absolute atomic E-state index is 12.5. The molecule has 0 aromatic heterocycles. The lowest BCUT2D eigenvalue weighted by Gasteiger charge is -2.18.